The molecule has 0 fully saturated rings. The van der Waals surface area contributed by atoms with Crippen LogP contribution < -0.4 is 4.74 Å². The van der Waals surface area contributed by atoms with E-state index in [9.17, 15) is 9.59 Å². The molecule has 0 amide bonds. The van der Waals surface area contributed by atoms with Gasteiger partial charge in [-0.1, -0.05) is 6.07 Å². The first kappa shape index (κ1) is 18.9. The van der Waals surface area contributed by atoms with Crippen LogP contribution in [-0.4, -0.2) is 34.7 Å². The Balaban J connectivity index is 1.55. The lowest BCUT2D eigenvalue weighted by atomic mass is 10.1. The van der Waals surface area contributed by atoms with E-state index in [-0.39, 0.29) is 24.9 Å². The zero-order valence-corrected chi connectivity index (χ0v) is 16.2. The smallest absolute Gasteiger partial charge is 0.344 e. The van der Waals surface area contributed by atoms with E-state index in [0.29, 0.717) is 17.9 Å². The lowest BCUT2D eigenvalue weighted by Gasteiger charge is -2.08. The molecule has 0 aromatic carbocycles. The number of Topliss-reactive ketones (excluding diaryl/α,β-unsaturated/α-hetero) is 1. The van der Waals surface area contributed by atoms with Gasteiger partial charge in [-0.2, -0.15) is 0 Å². The van der Waals surface area contributed by atoms with E-state index >= 15 is 0 Å². The van der Waals surface area contributed by atoms with E-state index < -0.39 is 5.97 Å². The monoisotopic (exact) mass is 388 g/mol. The predicted molar refractivity (Wildman–Crippen MR) is 99.4 cm³/mol. The lowest BCUT2D eigenvalue weighted by molar-refractivity contribution is -0.144. The summed E-state index contributed by atoms with van der Waals surface area (Å²) in [4.78, 5) is 25.4. The van der Waals surface area contributed by atoms with Crippen LogP contribution >= 0.6 is 11.3 Å². The summed E-state index contributed by atoms with van der Waals surface area (Å²) in [5, 5.41) is 5.64. The Kier molecular flexibility index (Phi) is 5.75. The van der Waals surface area contributed by atoms with Crippen molar-refractivity contribution >= 4 is 23.1 Å². The van der Waals surface area contributed by atoms with Crippen LogP contribution in [0.25, 0.3) is 0 Å². The van der Waals surface area contributed by atoms with E-state index in [2.05, 4.69) is 15.8 Å². The molecule has 3 aromatic heterocycles. The molecule has 0 aliphatic carbocycles. The molecular formula is C19H20N2O5S. The van der Waals surface area contributed by atoms with Crippen molar-refractivity contribution in [1.82, 2.24) is 9.72 Å². The van der Waals surface area contributed by atoms with Crippen molar-refractivity contribution in [3.63, 3.8) is 0 Å². The number of ether oxygens (including phenoxy) is 2. The summed E-state index contributed by atoms with van der Waals surface area (Å²) >= 11 is 1.67. The van der Waals surface area contributed by atoms with Crippen LogP contribution in [0.15, 0.2) is 34.2 Å². The minimum Gasteiger partial charge on any atom is -0.463 e. The number of aromatic nitrogens is 2. The number of hydrogen-bond acceptors (Lipinski definition) is 7. The predicted octanol–water partition coefficient (Wildman–Crippen LogP) is 3.32. The number of esters is 1. The Hall–Kier alpha value is -2.87. The molecule has 27 heavy (non-hydrogen) atoms. The summed E-state index contributed by atoms with van der Waals surface area (Å²) in [6.45, 7) is 5.61. The summed E-state index contributed by atoms with van der Waals surface area (Å²) in [6, 6.07) is 7.44. The number of hydrogen-bond donors (Lipinski definition) is 0. The normalized spacial score (nSPS) is 10.8. The van der Waals surface area contributed by atoms with Crippen LogP contribution in [0.4, 0.5) is 0 Å². The first-order chi connectivity index (χ1) is 12.9. The van der Waals surface area contributed by atoms with E-state index in [1.54, 1.807) is 24.3 Å². The van der Waals surface area contributed by atoms with Gasteiger partial charge in [-0.3, -0.25) is 4.79 Å². The topological polar surface area (TPSA) is 83.6 Å². The molecule has 7 nitrogen and oxygen atoms in total. The minimum atomic E-state index is -0.642. The quantitative estimate of drug-likeness (QED) is 0.435. The summed E-state index contributed by atoms with van der Waals surface area (Å²) in [7, 11) is 0. The molecule has 0 unspecified atom stereocenters. The molecule has 0 spiro atoms. The highest BCUT2D eigenvalue weighted by molar-refractivity contribution is 7.09. The molecule has 0 aliphatic rings. The molecule has 0 saturated heterocycles. The van der Waals surface area contributed by atoms with Crippen LogP contribution in [0.5, 0.6) is 5.88 Å². The SMILES string of the molecule is Cc1cc(OCC(=O)OCC(=O)c2cc(C)n(Cc3cccs3)c2C)no1. The molecule has 0 atom stereocenters. The second-order valence-electron chi connectivity index (χ2n) is 6.10. The van der Waals surface area contributed by atoms with Crippen LogP contribution in [0, 0.1) is 20.8 Å². The lowest BCUT2D eigenvalue weighted by Crippen LogP contribution is -2.20. The van der Waals surface area contributed by atoms with Crippen LogP contribution in [-0.2, 0) is 16.1 Å². The van der Waals surface area contributed by atoms with Gasteiger partial charge in [-0.15, -0.1) is 11.3 Å². The van der Waals surface area contributed by atoms with Gasteiger partial charge in [0.05, 0.1) is 6.54 Å². The van der Waals surface area contributed by atoms with Crippen molar-refractivity contribution in [2.45, 2.75) is 27.3 Å². The maximum absolute atomic E-state index is 12.5. The van der Waals surface area contributed by atoms with Crippen molar-refractivity contribution < 1.29 is 23.6 Å². The summed E-state index contributed by atoms with van der Waals surface area (Å²) in [6.07, 6.45) is 0. The second-order valence-corrected chi connectivity index (χ2v) is 7.13. The van der Waals surface area contributed by atoms with Crippen LogP contribution in [0.1, 0.15) is 32.4 Å². The zero-order chi connectivity index (χ0) is 19.4. The average Bonchev–Trinajstić information content (AvgIpc) is 3.36. The van der Waals surface area contributed by atoms with Crippen molar-refractivity contribution in [1.29, 1.82) is 0 Å². The highest BCUT2D eigenvalue weighted by Gasteiger charge is 2.18. The van der Waals surface area contributed by atoms with Gasteiger partial charge in [0.25, 0.3) is 5.88 Å². The first-order valence-corrected chi connectivity index (χ1v) is 9.26. The van der Waals surface area contributed by atoms with Crippen molar-refractivity contribution in [3.05, 3.63) is 57.2 Å². The number of ketones is 1. The van der Waals surface area contributed by atoms with Gasteiger partial charge < -0.3 is 18.6 Å². The molecule has 0 saturated carbocycles. The number of rotatable bonds is 8. The molecular weight excluding hydrogens is 368 g/mol. The Morgan fingerprint density at radius 1 is 1.22 bits per heavy atom. The van der Waals surface area contributed by atoms with Crippen LogP contribution in [0.2, 0.25) is 0 Å². The van der Waals surface area contributed by atoms with Crippen molar-refractivity contribution in [2.75, 3.05) is 13.2 Å². The minimum absolute atomic E-state index is 0.202. The fourth-order valence-corrected chi connectivity index (χ4v) is 3.39. The molecule has 0 radical (unpaired) electrons. The third-order valence-corrected chi connectivity index (χ3v) is 4.94. The number of aryl methyl sites for hydroxylation is 2. The van der Waals surface area contributed by atoms with Crippen molar-refractivity contribution in [3.8, 4) is 5.88 Å². The third kappa shape index (κ3) is 4.65. The van der Waals surface area contributed by atoms with Gasteiger partial charge in [0.15, 0.2) is 13.2 Å². The number of thiophene rings is 1. The molecule has 142 valence electrons. The Morgan fingerprint density at radius 2 is 2.04 bits per heavy atom. The van der Waals surface area contributed by atoms with Gasteiger partial charge in [-0.05, 0) is 43.4 Å². The summed E-state index contributed by atoms with van der Waals surface area (Å²) in [5.74, 6) is -0.109. The van der Waals surface area contributed by atoms with Gasteiger partial charge in [0.1, 0.15) is 5.76 Å². The van der Waals surface area contributed by atoms with Crippen LogP contribution in [0.3, 0.4) is 0 Å². The maximum atomic E-state index is 12.5. The molecule has 3 heterocycles. The maximum Gasteiger partial charge on any atom is 0.344 e. The zero-order valence-electron chi connectivity index (χ0n) is 15.4. The largest absolute Gasteiger partial charge is 0.463 e. The Morgan fingerprint density at radius 3 is 2.70 bits per heavy atom. The fraction of sp³-hybridized carbons (Fsp3) is 0.316. The molecule has 8 heteroatoms. The van der Waals surface area contributed by atoms with Crippen molar-refractivity contribution in [2.24, 2.45) is 0 Å². The Bertz CT molecular complexity index is 940. The molecule has 0 bridgehead atoms. The fourth-order valence-electron chi connectivity index (χ4n) is 2.70. The van der Waals surface area contributed by atoms with Gasteiger partial charge >= 0.3 is 5.97 Å². The standard InChI is InChI=1S/C19H20N2O5S/c1-12-7-16(14(3)21(12)9-15-5-4-6-27-15)17(22)10-25-19(23)11-24-18-8-13(2)26-20-18/h4-8H,9-11H2,1-3H3. The van der Waals surface area contributed by atoms with E-state index in [0.717, 1.165) is 11.4 Å². The second kappa shape index (κ2) is 8.22. The summed E-state index contributed by atoms with van der Waals surface area (Å²) < 4.78 is 17.1. The molecule has 0 N–H and O–H groups in total. The number of carbonyl (C=O) groups is 2. The highest BCUT2D eigenvalue weighted by atomic mass is 32.1. The molecule has 0 aliphatic heterocycles. The van der Waals surface area contributed by atoms with E-state index in [1.807, 2.05) is 31.4 Å². The summed E-state index contributed by atoms with van der Waals surface area (Å²) in [5.41, 5.74) is 2.40. The number of nitrogens with zero attached hydrogens (tertiary/aromatic N) is 2. The average molecular weight is 388 g/mol. The van der Waals surface area contributed by atoms with Gasteiger partial charge in [-0.25, -0.2) is 4.79 Å². The molecule has 3 rings (SSSR count). The highest BCUT2D eigenvalue weighted by Crippen LogP contribution is 2.20. The van der Waals surface area contributed by atoms with E-state index in [1.165, 1.54) is 4.88 Å². The Labute approximate surface area is 160 Å². The van der Waals surface area contributed by atoms with E-state index in [4.69, 9.17) is 14.0 Å². The van der Waals surface area contributed by atoms with Gasteiger partial charge in [0.2, 0.25) is 5.78 Å². The molecule has 3 aromatic rings. The third-order valence-electron chi connectivity index (χ3n) is 4.08. The first-order valence-electron chi connectivity index (χ1n) is 8.38. The number of carbonyl (C=O) groups excluding carboxylic acids is 2. The van der Waals surface area contributed by atoms with Gasteiger partial charge in [0, 0.05) is 27.9 Å².